The van der Waals surface area contributed by atoms with E-state index in [-0.39, 0.29) is 0 Å². The van der Waals surface area contributed by atoms with Gasteiger partial charge in [0.2, 0.25) is 0 Å². The van der Waals surface area contributed by atoms with Crippen LogP contribution in [-0.4, -0.2) is 19.4 Å². The summed E-state index contributed by atoms with van der Waals surface area (Å²) >= 11 is 0. The second-order valence-corrected chi connectivity index (χ2v) is 3.11. The summed E-state index contributed by atoms with van der Waals surface area (Å²) in [6.07, 6.45) is 3.55. The van der Waals surface area contributed by atoms with Crippen molar-refractivity contribution in [1.29, 1.82) is 0 Å². The third-order valence-corrected chi connectivity index (χ3v) is 1.88. The first-order chi connectivity index (χ1) is 4.27. The summed E-state index contributed by atoms with van der Waals surface area (Å²) in [5, 5.41) is 3.07. The Morgan fingerprint density at radius 1 is 1.67 bits per heavy atom. The Kier molecular flexibility index (Phi) is 1.86. The SMILES string of the molecule is CC1(CNCC=O)CC1. The second-order valence-electron chi connectivity index (χ2n) is 3.11. The minimum absolute atomic E-state index is 0.510. The molecule has 52 valence electrons. The molecule has 0 heterocycles. The first-order valence-electron chi connectivity index (χ1n) is 3.41. The molecule has 1 N–H and O–H groups in total. The highest BCUT2D eigenvalue weighted by Gasteiger charge is 2.36. The molecule has 0 spiro atoms. The summed E-state index contributed by atoms with van der Waals surface area (Å²) in [6.45, 7) is 3.76. The summed E-state index contributed by atoms with van der Waals surface area (Å²) in [5.41, 5.74) is 0.531. The van der Waals surface area contributed by atoms with E-state index in [1.165, 1.54) is 12.8 Å². The molecule has 0 aromatic carbocycles. The first-order valence-corrected chi connectivity index (χ1v) is 3.41. The predicted molar refractivity (Wildman–Crippen MR) is 36.3 cm³/mol. The van der Waals surface area contributed by atoms with Crippen molar-refractivity contribution in [2.24, 2.45) is 5.41 Å². The lowest BCUT2D eigenvalue weighted by Crippen LogP contribution is -2.23. The molecule has 0 atom stereocenters. The lowest BCUT2D eigenvalue weighted by molar-refractivity contribution is -0.107. The standard InChI is InChI=1S/C7H13NO/c1-7(2-3-7)6-8-4-5-9/h5,8H,2-4,6H2,1H3. The van der Waals surface area contributed by atoms with Crippen LogP contribution in [0.4, 0.5) is 0 Å². The fourth-order valence-corrected chi connectivity index (χ4v) is 0.823. The third kappa shape index (κ3) is 2.14. The number of aldehydes is 1. The monoisotopic (exact) mass is 127 g/mol. The van der Waals surface area contributed by atoms with E-state index in [0.717, 1.165) is 12.8 Å². The van der Waals surface area contributed by atoms with Crippen molar-refractivity contribution in [3.05, 3.63) is 0 Å². The number of carbonyl (C=O) groups excluding carboxylic acids is 1. The van der Waals surface area contributed by atoms with Gasteiger partial charge in [-0.2, -0.15) is 0 Å². The molecular weight excluding hydrogens is 114 g/mol. The zero-order chi connectivity index (χ0) is 6.74. The van der Waals surface area contributed by atoms with Crippen LogP contribution in [0.3, 0.4) is 0 Å². The Balaban J connectivity index is 1.98. The quantitative estimate of drug-likeness (QED) is 0.442. The number of rotatable bonds is 4. The van der Waals surface area contributed by atoms with Gasteiger partial charge < -0.3 is 10.1 Å². The molecule has 1 aliphatic carbocycles. The van der Waals surface area contributed by atoms with Gasteiger partial charge in [-0.15, -0.1) is 0 Å². The van der Waals surface area contributed by atoms with Crippen LogP contribution in [0.2, 0.25) is 0 Å². The van der Waals surface area contributed by atoms with E-state index < -0.39 is 0 Å². The summed E-state index contributed by atoms with van der Waals surface area (Å²) < 4.78 is 0. The number of carbonyl (C=O) groups is 1. The zero-order valence-electron chi connectivity index (χ0n) is 5.81. The summed E-state index contributed by atoms with van der Waals surface area (Å²) in [6, 6.07) is 0. The molecule has 0 amide bonds. The van der Waals surface area contributed by atoms with E-state index in [0.29, 0.717) is 12.0 Å². The Morgan fingerprint density at radius 3 is 2.78 bits per heavy atom. The van der Waals surface area contributed by atoms with Crippen molar-refractivity contribution in [1.82, 2.24) is 5.32 Å². The van der Waals surface area contributed by atoms with E-state index in [2.05, 4.69) is 12.2 Å². The van der Waals surface area contributed by atoms with Crippen molar-refractivity contribution in [2.45, 2.75) is 19.8 Å². The van der Waals surface area contributed by atoms with Gasteiger partial charge in [0.05, 0.1) is 6.54 Å². The van der Waals surface area contributed by atoms with Gasteiger partial charge in [-0.3, -0.25) is 0 Å². The lowest BCUT2D eigenvalue weighted by Gasteiger charge is -2.05. The molecule has 0 radical (unpaired) electrons. The molecule has 0 bridgehead atoms. The van der Waals surface area contributed by atoms with Gasteiger partial charge >= 0.3 is 0 Å². The highest BCUT2D eigenvalue weighted by Crippen LogP contribution is 2.43. The molecule has 0 aromatic heterocycles. The van der Waals surface area contributed by atoms with Gasteiger partial charge in [0.25, 0.3) is 0 Å². The van der Waals surface area contributed by atoms with Gasteiger partial charge in [0.15, 0.2) is 0 Å². The Bertz CT molecular complexity index is 107. The van der Waals surface area contributed by atoms with Gasteiger partial charge in [0, 0.05) is 6.54 Å². The van der Waals surface area contributed by atoms with E-state index in [1.54, 1.807) is 0 Å². The minimum atomic E-state index is 0.510. The molecule has 9 heavy (non-hydrogen) atoms. The lowest BCUT2D eigenvalue weighted by atomic mass is 10.1. The Labute approximate surface area is 55.6 Å². The topological polar surface area (TPSA) is 29.1 Å². The van der Waals surface area contributed by atoms with Crippen LogP contribution in [0.15, 0.2) is 0 Å². The maximum atomic E-state index is 9.85. The van der Waals surface area contributed by atoms with Crippen LogP contribution in [0.25, 0.3) is 0 Å². The Morgan fingerprint density at radius 2 is 2.33 bits per heavy atom. The van der Waals surface area contributed by atoms with Gasteiger partial charge in [-0.05, 0) is 18.3 Å². The second kappa shape index (κ2) is 2.48. The average Bonchev–Trinajstić information content (AvgIpc) is 2.50. The van der Waals surface area contributed by atoms with Crippen LogP contribution < -0.4 is 5.32 Å². The minimum Gasteiger partial charge on any atom is -0.310 e. The van der Waals surface area contributed by atoms with Crippen LogP contribution in [0.1, 0.15) is 19.8 Å². The molecule has 2 heteroatoms. The molecule has 1 saturated carbocycles. The first kappa shape index (κ1) is 6.75. The normalized spacial score (nSPS) is 21.4. The summed E-state index contributed by atoms with van der Waals surface area (Å²) in [4.78, 5) is 9.85. The van der Waals surface area contributed by atoms with Gasteiger partial charge in [0.1, 0.15) is 6.29 Å². The van der Waals surface area contributed by atoms with Crippen LogP contribution >= 0.6 is 0 Å². The van der Waals surface area contributed by atoms with E-state index in [1.807, 2.05) is 0 Å². The van der Waals surface area contributed by atoms with E-state index in [4.69, 9.17) is 0 Å². The number of hydrogen-bond acceptors (Lipinski definition) is 2. The Hall–Kier alpha value is -0.370. The number of nitrogens with one attached hydrogen (secondary N) is 1. The van der Waals surface area contributed by atoms with Crippen molar-refractivity contribution >= 4 is 6.29 Å². The highest BCUT2D eigenvalue weighted by molar-refractivity contribution is 5.51. The molecule has 0 aromatic rings. The molecule has 1 rings (SSSR count). The fraction of sp³-hybridized carbons (Fsp3) is 0.857. The molecule has 0 aliphatic heterocycles. The van der Waals surface area contributed by atoms with Crippen molar-refractivity contribution < 1.29 is 4.79 Å². The molecule has 2 nitrogen and oxygen atoms in total. The van der Waals surface area contributed by atoms with E-state index in [9.17, 15) is 4.79 Å². The van der Waals surface area contributed by atoms with Crippen molar-refractivity contribution in [3.8, 4) is 0 Å². The molecule has 0 unspecified atom stereocenters. The molecule has 0 saturated heterocycles. The average molecular weight is 127 g/mol. The van der Waals surface area contributed by atoms with Crippen molar-refractivity contribution in [3.63, 3.8) is 0 Å². The highest BCUT2D eigenvalue weighted by atomic mass is 16.1. The van der Waals surface area contributed by atoms with E-state index >= 15 is 0 Å². The zero-order valence-corrected chi connectivity index (χ0v) is 5.81. The smallest absolute Gasteiger partial charge is 0.133 e. The maximum Gasteiger partial charge on any atom is 0.133 e. The molecule has 1 fully saturated rings. The summed E-state index contributed by atoms with van der Waals surface area (Å²) in [5.74, 6) is 0. The molecule has 1 aliphatic rings. The van der Waals surface area contributed by atoms with Crippen LogP contribution in [0.5, 0.6) is 0 Å². The largest absolute Gasteiger partial charge is 0.310 e. The fourth-order valence-electron chi connectivity index (χ4n) is 0.823. The summed E-state index contributed by atoms with van der Waals surface area (Å²) in [7, 11) is 0. The van der Waals surface area contributed by atoms with Crippen molar-refractivity contribution in [2.75, 3.05) is 13.1 Å². The van der Waals surface area contributed by atoms with Gasteiger partial charge in [-0.25, -0.2) is 0 Å². The van der Waals surface area contributed by atoms with Crippen LogP contribution in [-0.2, 0) is 4.79 Å². The number of hydrogen-bond donors (Lipinski definition) is 1. The molecular formula is C7H13NO. The van der Waals surface area contributed by atoms with Crippen LogP contribution in [0, 0.1) is 5.41 Å². The predicted octanol–water partition coefficient (Wildman–Crippen LogP) is 0.575. The van der Waals surface area contributed by atoms with Gasteiger partial charge in [-0.1, -0.05) is 6.92 Å². The third-order valence-electron chi connectivity index (χ3n) is 1.88. The maximum absolute atomic E-state index is 9.85.